The Kier molecular flexibility index (Phi) is 5.24. The van der Waals surface area contributed by atoms with E-state index in [1.807, 2.05) is 24.3 Å². The number of aryl methyl sites for hydroxylation is 1. The lowest BCUT2D eigenvalue weighted by Crippen LogP contribution is -2.22. The number of hydrogen-bond acceptors (Lipinski definition) is 4. The number of unbranched alkanes of at least 4 members (excludes halogenated alkanes) is 1. The molecule has 1 heterocycles. The molecule has 0 saturated carbocycles. The molecule has 0 radical (unpaired) electrons. The van der Waals surface area contributed by atoms with Gasteiger partial charge in [-0.1, -0.05) is 30.7 Å². The Labute approximate surface area is 128 Å². The molecule has 1 amide bonds. The summed E-state index contributed by atoms with van der Waals surface area (Å²) in [4.78, 5) is 22.8. The minimum atomic E-state index is -1.17. The first kappa shape index (κ1) is 15.7. The van der Waals surface area contributed by atoms with Gasteiger partial charge in [-0.3, -0.25) is 4.79 Å². The lowest BCUT2D eigenvalue weighted by molar-refractivity contribution is -0.116. The van der Waals surface area contributed by atoms with Gasteiger partial charge in [-0.05, 0) is 30.5 Å². The first-order valence-corrected chi connectivity index (χ1v) is 7.10. The fourth-order valence-corrected chi connectivity index (χ4v) is 2.01. The van der Waals surface area contributed by atoms with Crippen LogP contribution in [0.25, 0.3) is 0 Å². The van der Waals surface area contributed by atoms with Crippen molar-refractivity contribution >= 4 is 17.6 Å². The van der Waals surface area contributed by atoms with Crippen LogP contribution < -0.4 is 5.32 Å². The van der Waals surface area contributed by atoms with Crippen molar-refractivity contribution < 1.29 is 14.7 Å². The Bertz CT molecular complexity index is 649. The molecule has 1 aromatic heterocycles. The van der Waals surface area contributed by atoms with E-state index in [-0.39, 0.29) is 18.1 Å². The predicted molar refractivity (Wildman–Crippen MR) is 80.7 cm³/mol. The largest absolute Gasteiger partial charge is 0.476 e. The van der Waals surface area contributed by atoms with Crippen molar-refractivity contribution in [2.75, 3.05) is 5.32 Å². The Morgan fingerprint density at radius 1 is 1.27 bits per heavy atom. The van der Waals surface area contributed by atoms with E-state index in [1.165, 1.54) is 5.56 Å². The number of nitrogens with zero attached hydrogens (tertiary/aromatic N) is 3. The standard InChI is InChI=1S/C15H18N4O3/c1-2-3-4-11-5-7-12(8-6-11)17-14(20)10-19-13(15(21)22)9-16-18-19/h5-9H,2-4,10H2,1H3,(H,17,20)(H,21,22). The molecule has 0 aliphatic carbocycles. The third kappa shape index (κ3) is 4.15. The average Bonchev–Trinajstić information content (AvgIpc) is 2.94. The highest BCUT2D eigenvalue weighted by Gasteiger charge is 2.14. The lowest BCUT2D eigenvalue weighted by Gasteiger charge is -2.07. The van der Waals surface area contributed by atoms with Gasteiger partial charge in [-0.15, -0.1) is 5.10 Å². The number of carbonyl (C=O) groups is 2. The molecule has 2 N–H and O–H groups in total. The Morgan fingerprint density at radius 3 is 2.64 bits per heavy atom. The number of amides is 1. The predicted octanol–water partition coefficient (Wildman–Crippen LogP) is 1.96. The van der Waals surface area contributed by atoms with Crippen LogP contribution in [0.5, 0.6) is 0 Å². The van der Waals surface area contributed by atoms with Crippen LogP contribution in [-0.4, -0.2) is 32.0 Å². The van der Waals surface area contributed by atoms with Crippen molar-refractivity contribution in [3.8, 4) is 0 Å². The second-order valence-corrected chi connectivity index (χ2v) is 4.93. The summed E-state index contributed by atoms with van der Waals surface area (Å²) in [5.41, 5.74) is 1.77. The molecule has 2 aromatic rings. The third-order valence-corrected chi connectivity index (χ3v) is 3.19. The number of rotatable bonds is 7. The lowest BCUT2D eigenvalue weighted by atomic mass is 10.1. The summed E-state index contributed by atoms with van der Waals surface area (Å²) in [6.45, 7) is 1.95. The van der Waals surface area contributed by atoms with E-state index in [0.717, 1.165) is 30.1 Å². The first-order valence-electron chi connectivity index (χ1n) is 7.10. The van der Waals surface area contributed by atoms with Gasteiger partial charge in [0.05, 0.1) is 6.20 Å². The summed E-state index contributed by atoms with van der Waals surface area (Å²) < 4.78 is 1.05. The number of carboxylic acid groups (broad SMARTS) is 1. The fourth-order valence-electron chi connectivity index (χ4n) is 2.01. The summed E-state index contributed by atoms with van der Waals surface area (Å²) in [6.07, 6.45) is 4.40. The third-order valence-electron chi connectivity index (χ3n) is 3.19. The van der Waals surface area contributed by atoms with Crippen LogP contribution in [0.3, 0.4) is 0 Å². The second-order valence-electron chi connectivity index (χ2n) is 4.93. The molecular weight excluding hydrogens is 284 g/mol. The van der Waals surface area contributed by atoms with Gasteiger partial charge in [-0.2, -0.15) is 0 Å². The number of nitrogens with one attached hydrogen (secondary N) is 1. The summed E-state index contributed by atoms with van der Waals surface area (Å²) in [5, 5.41) is 18.7. The van der Waals surface area contributed by atoms with E-state index in [2.05, 4.69) is 22.6 Å². The summed E-state index contributed by atoms with van der Waals surface area (Å²) in [7, 11) is 0. The first-order chi connectivity index (χ1) is 10.6. The van der Waals surface area contributed by atoms with Crippen LogP contribution in [-0.2, 0) is 17.8 Å². The molecule has 0 atom stereocenters. The van der Waals surface area contributed by atoms with Crippen molar-refractivity contribution in [3.63, 3.8) is 0 Å². The van der Waals surface area contributed by atoms with Crippen LogP contribution in [0.4, 0.5) is 5.69 Å². The van der Waals surface area contributed by atoms with E-state index in [0.29, 0.717) is 5.69 Å². The molecule has 0 aliphatic heterocycles. The Balaban J connectivity index is 1.94. The molecule has 22 heavy (non-hydrogen) atoms. The van der Waals surface area contributed by atoms with Gasteiger partial charge in [0.1, 0.15) is 6.54 Å². The van der Waals surface area contributed by atoms with Crippen LogP contribution >= 0.6 is 0 Å². The number of hydrogen-bond donors (Lipinski definition) is 2. The zero-order chi connectivity index (χ0) is 15.9. The van der Waals surface area contributed by atoms with Gasteiger partial charge in [0.15, 0.2) is 5.69 Å². The summed E-state index contributed by atoms with van der Waals surface area (Å²) in [6, 6.07) is 7.62. The average molecular weight is 302 g/mol. The van der Waals surface area contributed by atoms with Crippen molar-refractivity contribution in [2.45, 2.75) is 32.7 Å². The molecule has 0 spiro atoms. The van der Waals surface area contributed by atoms with E-state index in [9.17, 15) is 9.59 Å². The molecule has 0 bridgehead atoms. The van der Waals surface area contributed by atoms with Gasteiger partial charge >= 0.3 is 5.97 Å². The van der Waals surface area contributed by atoms with Gasteiger partial charge in [0, 0.05) is 5.69 Å². The number of anilines is 1. The van der Waals surface area contributed by atoms with Crippen LogP contribution in [0.2, 0.25) is 0 Å². The molecule has 7 nitrogen and oxygen atoms in total. The highest BCUT2D eigenvalue weighted by Crippen LogP contribution is 2.12. The zero-order valence-corrected chi connectivity index (χ0v) is 12.3. The number of aromatic carboxylic acids is 1. The van der Waals surface area contributed by atoms with Crippen molar-refractivity contribution in [2.24, 2.45) is 0 Å². The van der Waals surface area contributed by atoms with E-state index in [1.54, 1.807) is 0 Å². The number of aromatic nitrogens is 3. The van der Waals surface area contributed by atoms with Crippen LogP contribution in [0.15, 0.2) is 30.5 Å². The summed E-state index contributed by atoms with van der Waals surface area (Å²) >= 11 is 0. The SMILES string of the molecule is CCCCc1ccc(NC(=O)Cn2nncc2C(=O)O)cc1. The fraction of sp³-hybridized carbons (Fsp3) is 0.333. The van der Waals surface area contributed by atoms with E-state index >= 15 is 0 Å². The summed E-state index contributed by atoms with van der Waals surface area (Å²) in [5.74, 6) is -1.52. The number of carboxylic acids is 1. The van der Waals surface area contributed by atoms with Crippen LogP contribution in [0.1, 0.15) is 35.8 Å². The van der Waals surface area contributed by atoms with Gasteiger partial charge in [0.25, 0.3) is 0 Å². The molecule has 116 valence electrons. The van der Waals surface area contributed by atoms with Crippen molar-refractivity contribution in [1.82, 2.24) is 15.0 Å². The quantitative estimate of drug-likeness (QED) is 0.815. The number of carbonyl (C=O) groups excluding carboxylic acids is 1. The second kappa shape index (κ2) is 7.35. The molecule has 7 heteroatoms. The van der Waals surface area contributed by atoms with E-state index < -0.39 is 5.97 Å². The van der Waals surface area contributed by atoms with Gasteiger partial charge in [-0.25, -0.2) is 9.48 Å². The molecule has 0 saturated heterocycles. The van der Waals surface area contributed by atoms with E-state index in [4.69, 9.17) is 5.11 Å². The molecule has 2 rings (SSSR count). The Hall–Kier alpha value is -2.70. The Morgan fingerprint density at radius 2 is 2.00 bits per heavy atom. The number of benzene rings is 1. The maximum absolute atomic E-state index is 11.9. The minimum absolute atomic E-state index is 0.120. The molecular formula is C15H18N4O3. The van der Waals surface area contributed by atoms with Gasteiger partial charge < -0.3 is 10.4 Å². The van der Waals surface area contributed by atoms with Crippen molar-refractivity contribution in [3.05, 3.63) is 41.7 Å². The smallest absolute Gasteiger partial charge is 0.355 e. The normalized spacial score (nSPS) is 10.4. The highest BCUT2D eigenvalue weighted by atomic mass is 16.4. The molecule has 0 unspecified atom stereocenters. The topological polar surface area (TPSA) is 97.1 Å². The van der Waals surface area contributed by atoms with Crippen molar-refractivity contribution in [1.29, 1.82) is 0 Å². The molecule has 0 fully saturated rings. The van der Waals surface area contributed by atoms with Gasteiger partial charge in [0.2, 0.25) is 5.91 Å². The maximum atomic E-state index is 11.9. The minimum Gasteiger partial charge on any atom is -0.476 e. The highest BCUT2D eigenvalue weighted by molar-refractivity contribution is 5.91. The molecule has 0 aliphatic rings. The van der Waals surface area contributed by atoms with Crippen LogP contribution in [0, 0.1) is 0 Å². The molecule has 1 aromatic carbocycles. The zero-order valence-electron chi connectivity index (χ0n) is 12.3. The monoisotopic (exact) mass is 302 g/mol. The maximum Gasteiger partial charge on any atom is 0.355 e.